The second-order valence-corrected chi connectivity index (χ2v) is 6.18. The first-order valence-corrected chi connectivity index (χ1v) is 9.01. The molecule has 6 nitrogen and oxygen atoms in total. The Bertz CT molecular complexity index is 869. The zero-order chi connectivity index (χ0) is 20.5. The molecule has 0 aromatic heterocycles. The third kappa shape index (κ3) is 5.12. The summed E-state index contributed by atoms with van der Waals surface area (Å²) in [5.41, 5.74) is 3.19. The zero-order valence-electron chi connectivity index (χ0n) is 15.8. The minimum Gasteiger partial charge on any atom is -0.548 e. The van der Waals surface area contributed by atoms with Gasteiger partial charge in [0.2, 0.25) is 0 Å². The summed E-state index contributed by atoms with van der Waals surface area (Å²) >= 11 is 0. The average Bonchev–Trinajstić information content (AvgIpc) is 2.71. The number of carbonyl (C=O) groups is 1. The first kappa shape index (κ1) is 21.0. The quantitative estimate of drug-likeness (QED) is 0.613. The Morgan fingerprint density at radius 2 is 2.11 bits per heavy atom. The largest absolute Gasteiger partial charge is 0.548 e. The molecule has 1 unspecified atom stereocenters. The van der Waals surface area contributed by atoms with Crippen LogP contribution in [0.15, 0.2) is 49.1 Å². The summed E-state index contributed by atoms with van der Waals surface area (Å²) in [5.74, 6) is -0.905. The molecule has 1 atom stereocenters. The number of carboxylic acid groups (broad SMARTS) is 1. The van der Waals surface area contributed by atoms with Crippen molar-refractivity contribution < 1.29 is 19.7 Å². The second kappa shape index (κ2) is 10.1. The minimum absolute atomic E-state index is 0.0409. The lowest BCUT2D eigenvalue weighted by molar-refractivity contribution is -0.307. The molecule has 2 aromatic rings. The Morgan fingerprint density at radius 3 is 2.64 bits per heavy atom. The second-order valence-electron chi connectivity index (χ2n) is 6.18. The number of benzene rings is 2. The summed E-state index contributed by atoms with van der Waals surface area (Å²) in [5, 5.41) is 33.0. The van der Waals surface area contributed by atoms with E-state index in [9.17, 15) is 9.90 Å². The number of ether oxygens (including phenoxy) is 1. The fourth-order valence-electron chi connectivity index (χ4n) is 2.90. The van der Waals surface area contributed by atoms with Gasteiger partial charge >= 0.3 is 0 Å². The number of carboxylic acids is 1. The number of hydrogen-bond donors (Lipinski definition) is 2. The summed E-state index contributed by atoms with van der Waals surface area (Å²) in [6.07, 6.45) is 2.93. The van der Waals surface area contributed by atoms with Crippen molar-refractivity contribution in [3.05, 3.63) is 71.3 Å². The van der Waals surface area contributed by atoms with Crippen LogP contribution in [0, 0.1) is 11.3 Å². The number of nitrogens with one attached hydrogen (secondary N) is 1. The van der Waals surface area contributed by atoms with Gasteiger partial charge in [-0.25, -0.2) is 0 Å². The summed E-state index contributed by atoms with van der Waals surface area (Å²) in [6.45, 7) is 5.58. The van der Waals surface area contributed by atoms with Gasteiger partial charge in [0.1, 0.15) is 12.4 Å². The number of allylic oxidation sites excluding steroid dienone is 1. The molecule has 2 aromatic carbocycles. The van der Waals surface area contributed by atoms with Crippen LogP contribution in [-0.4, -0.2) is 24.3 Å². The topological polar surface area (TPSA) is 105 Å². The lowest BCUT2D eigenvalue weighted by atomic mass is 9.95. The molecular weight excluding hydrogens is 356 g/mol. The SMILES string of the molecule is C=CCc1cc(CC)cc(C(Nc2ccc(C#N)cc2)C(=O)[O-])c1OCCO. The van der Waals surface area contributed by atoms with E-state index >= 15 is 0 Å². The Morgan fingerprint density at radius 1 is 1.39 bits per heavy atom. The van der Waals surface area contributed by atoms with Crippen LogP contribution in [0.5, 0.6) is 5.75 Å². The van der Waals surface area contributed by atoms with E-state index in [2.05, 4.69) is 11.9 Å². The van der Waals surface area contributed by atoms with Crippen LogP contribution < -0.4 is 15.2 Å². The van der Waals surface area contributed by atoms with Gasteiger partial charge in [-0.2, -0.15) is 5.26 Å². The van der Waals surface area contributed by atoms with Crippen LogP contribution in [0.2, 0.25) is 0 Å². The fraction of sp³-hybridized carbons (Fsp3) is 0.273. The highest BCUT2D eigenvalue weighted by Gasteiger charge is 2.21. The minimum atomic E-state index is -1.31. The van der Waals surface area contributed by atoms with Gasteiger partial charge in [0.05, 0.1) is 30.3 Å². The van der Waals surface area contributed by atoms with Gasteiger partial charge in [0.25, 0.3) is 0 Å². The number of nitrogens with zero attached hydrogens (tertiary/aromatic N) is 1. The van der Waals surface area contributed by atoms with Crippen LogP contribution in [0.25, 0.3) is 0 Å². The molecule has 0 aliphatic heterocycles. The predicted octanol–water partition coefficient (Wildman–Crippen LogP) is 2.12. The molecular formula is C22H23N2O4-. The normalized spacial score (nSPS) is 11.3. The smallest absolute Gasteiger partial charge is 0.128 e. The van der Waals surface area contributed by atoms with Crippen molar-refractivity contribution in [3.8, 4) is 11.8 Å². The van der Waals surface area contributed by atoms with E-state index in [1.807, 2.05) is 19.1 Å². The number of nitriles is 1. The van der Waals surface area contributed by atoms with Crippen molar-refractivity contribution in [2.45, 2.75) is 25.8 Å². The summed E-state index contributed by atoms with van der Waals surface area (Å²) in [6, 6.07) is 11.0. The van der Waals surface area contributed by atoms with E-state index in [-0.39, 0.29) is 13.2 Å². The average molecular weight is 379 g/mol. The number of aliphatic hydroxyl groups excluding tert-OH is 1. The van der Waals surface area contributed by atoms with E-state index in [1.165, 1.54) is 0 Å². The number of carbonyl (C=O) groups excluding carboxylic acids is 1. The maximum Gasteiger partial charge on any atom is 0.128 e. The number of anilines is 1. The molecule has 0 saturated heterocycles. The van der Waals surface area contributed by atoms with Crippen LogP contribution >= 0.6 is 0 Å². The van der Waals surface area contributed by atoms with Crippen LogP contribution in [0.4, 0.5) is 5.69 Å². The van der Waals surface area contributed by atoms with Crippen LogP contribution in [-0.2, 0) is 17.6 Å². The van der Waals surface area contributed by atoms with Gasteiger partial charge in [0, 0.05) is 11.3 Å². The maximum absolute atomic E-state index is 12.0. The van der Waals surface area contributed by atoms with Crippen LogP contribution in [0.3, 0.4) is 0 Å². The molecule has 0 saturated carbocycles. The molecule has 0 amide bonds. The molecule has 2 N–H and O–H groups in total. The molecule has 28 heavy (non-hydrogen) atoms. The lowest BCUT2D eigenvalue weighted by Crippen LogP contribution is -2.35. The molecule has 146 valence electrons. The summed E-state index contributed by atoms with van der Waals surface area (Å²) in [4.78, 5) is 12.0. The van der Waals surface area contributed by atoms with E-state index in [0.717, 1.165) is 11.1 Å². The Labute approximate surface area is 164 Å². The summed E-state index contributed by atoms with van der Waals surface area (Å²) < 4.78 is 5.70. The first-order valence-electron chi connectivity index (χ1n) is 9.01. The number of hydrogen-bond acceptors (Lipinski definition) is 6. The van der Waals surface area contributed by atoms with Crippen LogP contribution in [0.1, 0.15) is 35.2 Å². The molecule has 0 fully saturated rings. The Balaban J connectivity index is 2.53. The highest BCUT2D eigenvalue weighted by molar-refractivity contribution is 5.79. The monoisotopic (exact) mass is 379 g/mol. The zero-order valence-corrected chi connectivity index (χ0v) is 15.8. The van der Waals surface area contributed by atoms with Crippen molar-refractivity contribution in [2.75, 3.05) is 18.5 Å². The molecule has 0 spiro atoms. The third-order valence-electron chi connectivity index (χ3n) is 4.24. The number of rotatable bonds is 10. The molecule has 0 aliphatic rings. The van der Waals surface area contributed by atoms with Crippen molar-refractivity contribution in [1.29, 1.82) is 5.26 Å². The van der Waals surface area contributed by atoms with Gasteiger partial charge in [-0.15, -0.1) is 6.58 Å². The van der Waals surface area contributed by atoms with Gasteiger partial charge in [-0.05, 0) is 54.3 Å². The number of aliphatic hydroxyl groups is 1. The summed E-state index contributed by atoms with van der Waals surface area (Å²) in [7, 11) is 0. The van der Waals surface area contributed by atoms with Crippen molar-refractivity contribution in [1.82, 2.24) is 0 Å². The Hall–Kier alpha value is -3.30. The van der Waals surface area contributed by atoms with Gasteiger partial charge in [0.15, 0.2) is 0 Å². The van der Waals surface area contributed by atoms with Crippen molar-refractivity contribution >= 4 is 11.7 Å². The standard InChI is InChI=1S/C22H24N2O4/c1-3-5-17-12-15(4-2)13-19(21(17)28-11-10-25)20(22(26)27)24-18-8-6-16(14-23)7-9-18/h3,6-9,12-13,20,24-25H,1,4-5,10-11H2,2H3,(H,26,27)/p-1. The third-order valence-corrected chi connectivity index (χ3v) is 4.24. The van der Waals surface area contributed by atoms with Gasteiger partial charge < -0.3 is 25.1 Å². The number of aliphatic carboxylic acids is 1. The fourth-order valence-corrected chi connectivity index (χ4v) is 2.90. The predicted molar refractivity (Wildman–Crippen MR) is 105 cm³/mol. The molecule has 2 rings (SSSR count). The maximum atomic E-state index is 12.0. The molecule has 0 aliphatic carbocycles. The lowest BCUT2D eigenvalue weighted by Gasteiger charge is -2.26. The first-order chi connectivity index (χ1) is 13.5. The molecule has 0 bridgehead atoms. The highest BCUT2D eigenvalue weighted by atomic mass is 16.5. The van der Waals surface area contributed by atoms with Crippen molar-refractivity contribution in [3.63, 3.8) is 0 Å². The highest BCUT2D eigenvalue weighted by Crippen LogP contribution is 2.34. The van der Waals surface area contributed by atoms with Gasteiger partial charge in [-0.1, -0.05) is 19.1 Å². The molecule has 0 heterocycles. The number of aryl methyl sites for hydroxylation is 1. The van der Waals surface area contributed by atoms with E-state index in [1.54, 1.807) is 36.4 Å². The Kier molecular flexibility index (Phi) is 7.61. The van der Waals surface area contributed by atoms with E-state index in [4.69, 9.17) is 15.1 Å². The van der Waals surface area contributed by atoms with Crippen molar-refractivity contribution in [2.24, 2.45) is 0 Å². The molecule has 6 heteroatoms. The molecule has 0 radical (unpaired) electrons. The van der Waals surface area contributed by atoms with E-state index < -0.39 is 12.0 Å². The van der Waals surface area contributed by atoms with E-state index in [0.29, 0.717) is 35.4 Å². The van der Waals surface area contributed by atoms with Gasteiger partial charge in [-0.3, -0.25) is 0 Å².